The van der Waals surface area contributed by atoms with Gasteiger partial charge in [0.2, 0.25) is 0 Å². The van der Waals surface area contributed by atoms with Crippen LogP contribution in [0.15, 0.2) is 24.3 Å². The molecule has 6 heteroatoms. The summed E-state index contributed by atoms with van der Waals surface area (Å²) in [5.74, 6) is 1.38. The molecule has 5 nitrogen and oxygen atoms in total. The van der Waals surface area contributed by atoms with Crippen LogP contribution in [0.4, 0.5) is 0 Å². The van der Waals surface area contributed by atoms with E-state index in [-0.39, 0.29) is 24.9 Å². The summed E-state index contributed by atoms with van der Waals surface area (Å²) < 4.78 is 10.5. The van der Waals surface area contributed by atoms with Gasteiger partial charge in [-0.1, -0.05) is 0 Å². The van der Waals surface area contributed by atoms with Gasteiger partial charge in [-0.05, 0) is 24.3 Å². The first kappa shape index (κ1) is 17.6. The Morgan fingerprint density at radius 2 is 1.81 bits per heavy atom. The monoisotopic (exact) mass is 314 g/mol. The molecule has 1 aromatic carbocycles. The first-order valence-corrected chi connectivity index (χ1v) is 7.15. The number of ether oxygens (including phenoxy) is 2. The Balaban J connectivity index is 0.00000220. The van der Waals surface area contributed by atoms with E-state index in [4.69, 9.17) is 9.47 Å². The van der Waals surface area contributed by atoms with Crippen molar-refractivity contribution in [1.29, 1.82) is 0 Å². The molecule has 0 aliphatic carbocycles. The maximum absolute atomic E-state index is 11.6. The molecule has 1 saturated heterocycles. The van der Waals surface area contributed by atoms with Crippen molar-refractivity contribution < 1.29 is 31.6 Å². The number of hydrogen-bond donors (Lipinski definition) is 2. The lowest BCUT2D eigenvalue weighted by molar-refractivity contribution is -0.886. The third kappa shape index (κ3) is 6.23. The lowest BCUT2D eigenvalue weighted by Gasteiger charge is -2.12. The predicted octanol–water partition coefficient (Wildman–Crippen LogP) is -3.13. The second kappa shape index (κ2) is 9.47. The summed E-state index contributed by atoms with van der Waals surface area (Å²) in [4.78, 5) is 13.2. The molecule has 1 heterocycles. The van der Waals surface area contributed by atoms with Crippen LogP contribution in [-0.2, 0) is 4.79 Å². The van der Waals surface area contributed by atoms with Gasteiger partial charge in [-0.15, -0.1) is 0 Å². The van der Waals surface area contributed by atoms with Gasteiger partial charge in [-0.2, -0.15) is 0 Å². The molecular formula is C15H23ClN2O3. The number of carbonyl (C=O) groups excluding carboxylic acids is 1. The summed E-state index contributed by atoms with van der Waals surface area (Å²) in [6.45, 7) is 4.26. The molecule has 0 aromatic heterocycles. The molecule has 0 spiro atoms. The number of halogens is 1. The fourth-order valence-corrected chi connectivity index (χ4v) is 2.38. The summed E-state index contributed by atoms with van der Waals surface area (Å²) in [6.07, 6.45) is 2.62. The minimum absolute atomic E-state index is 0. The molecule has 2 rings (SSSR count). The largest absolute Gasteiger partial charge is 1.00 e. The summed E-state index contributed by atoms with van der Waals surface area (Å²) in [5, 5.41) is 2.89. The Labute approximate surface area is 132 Å². The highest BCUT2D eigenvalue weighted by molar-refractivity contribution is 5.77. The lowest BCUT2D eigenvalue weighted by Crippen LogP contribution is -3.10. The van der Waals surface area contributed by atoms with E-state index in [0.717, 1.165) is 18.8 Å². The van der Waals surface area contributed by atoms with Gasteiger partial charge in [0.25, 0.3) is 5.91 Å². The van der Waals surface area contributed by atoms with E-state index >= 15 is 0 Å². The number of rotatable bonds is 7. The zero-order chi connectivity index (χ0) is 14.2. The fraction of sp³-hybridized carbons (Fsp3) is 0.533. The Hall–Kier alpha value is -1.46. The van der Waals surface area contributed by atoms with E-state index in [9.17, 15) is 4.79 Å². The van der Waals surface area contributed by atoms with E-state index in [0.29, 0.717) is 5.75 Å². The molecule has 1 fully saturated rings. The highest BCUT2D eigenvalue weighted by Crippen LogP contribution is 2.16. The van der Waals surface area contributed by atoms with Gasteiger partial charge in [-0.25, -0.2) is 0 Å². The number of nitrogens with one attached hydrogen (secondary N) is 2. The summed E-state index contributed by atoms with van der Waals surface area (Å²) in [7, 11) is 1.62. The van der Waals surface area contributed by atoms with Gasteiger partial charge >= 0.3 is 0 Å². The first-order valence-electron chi connectivity index (χ1n) is 7.15. The summed E-state index contributed by atoms with van der Waals surface area (Å²) in [6, 6.07) is 7.20. The Morgan fingerprint density at radius 3 is 2.43 bits per heavy atom. The quantitative estimate of drug-likeness (QED) is 0.560. The molecule has 0 radical (unpaired) electrons. The minimum Gasteiger partial charge on any atom is -1.00 e. The molecule has 118 valence electrons. The maximum Gasteiger partial charge on any atom is 0.258 e. The van der Waals surface area contributed by atoms with E-state index in [1.54, 1.807) is 24.1 Å². The second-order valence-corrected chi connectivity index (χ2v) is 5.02. The van der Waals surface area contributed by atoms with Gasteiger partial charge < -0.3 is 32.1 Å². The standard InChI is InChI=1S/C15H22N2O3.ClH/c1-19-13-4-6-14(7-5-13)20-12-15(18)16-8-11-17-9-2-3-10-17;/h4-7H,2-3,8-12H2,1H3,(H,16,18);1H. The Morgan fingerprint density at radius 1 is 1.19 bits per heavy atom. The predicted molar refractivity (Wildman–Crippen MR) is 76.3 cm³/mol. The van der Waals surface area contributed by atoms with Crippen LogP contribution in [0.5, 0.6) is 11.5 Å². The number of benzene rings is 1. The van der Waals surface area contributed by atoms with Crippen molar-refractivity contribution in [2.45, 2.75) is 12.8 Å². The topological polar surface area (TPSA) is 52.0 Å². The number of quaternary nitrogens is 1. The van der Waals surface area contributed by atoms with E-state index in [1.165, 1.54) is 25.9 Å². The van der Waals surface area contributed by atoms with Crippen molar-refractivity contribution in [3.05, 3.63) is 24.3 Å². The third-order valence-corrected chi connectivity index (χ3v) is 3.54. The molecule has 1 amide bonds. The van der Waals surface area contributed by atoms with Crippen molar-refractivity contribution in [2.24, 2.45) is 0 Å². The van der Waals surface area contributed by atoms with Crippen LogP contribution in [0.2, 0.25) is 0 Å². The van der Waals surface area contributed by atoms with Crippen molar-refractivity contribution >= 4 is 5.91 Å². The average Bonchev–Trinajstić information content (AvgIpc) is 2.99. The second-order valence-electron chi connectivity index (χ2n) is 5.02. The van der Waals surface area contributed by atoms with Crippen molar-refractivity contribution in [3.8, 4) is 11.5 Å². The number of methoxy groups -OCH3 is 1. The van der Waals surface area contributed by atoms with Crippen LogP contribution in [-0.4, -0.2) is 45.8 Å². The van der Waals surface area contributed by atoms with Gasteiger partial charge in [0.05, 0.1) is 33.3 Å². The van der Waals surface area contributed by atoms with Crippen molar-refractivity contribution in [2.75, 3.05) is 39.9 Å². The van der Waals surface area contributed by atoms with Gasteiger partial charge in [-0.3, -0.25) is 4.79 Å². The van der Waals surface area contributed by atoms with Crippen LogP contribution < -0.4 is 32.1 Å². The van der Waals surface area contributed by atoms with Crippen molar-refractivity contribution in [3.63, 3.8) is 0 Å². The lowest BCUT2D eigenvalue weighted by atomic mass is 10.3. The molecule has 2 N–H and O–H groups in total. The fourth-order valence-electron chi connectivity index (χ4n) is 2.38. The van der Waals surface area contributed by atoms with E-state index < -0.39 is 0 Å². The molecule has 0 atom stereocenters. The minimum atomic E-state index is -0.0700. The van der Waals surface area contributed by atoms with E-state index in [2.05, 4.69) is 5.32 Å². The first-order chi connectivity index (χ1) is 9.78. The molecule has 1 aliphatic rings. The van der Waals surface area contributed by atoms with Crippen LogP contribution >= 0.6 is 0 Å². The van der Waals surface area contributed by atoms with Gasteiger partial charge in [0.15, 0.2) is 6.61 Å². The normalized spacial score (nSPS) is 14.3. The molecule has 0 unspecified atom stereocenters. The SMILES string of the molecule is COc1ccc(OCC(=O)NCC[NH+]2CCCC2)cc1.[Cl-]. The Kier molecular flexibility index (Phi) is 7.93. The number of carbonyl (C=O) groups is 1. The van der Waals surface area contributed by atoms with Gasteiger partial charge in [0, 0.05) is 12.8 Å². The van der Waals surface area contributed by atoms with Gasteiger partial charge in [0.1, 0.15) is 11.5 Å². The van der Waals surface area contributed by atoms with E-state index in [1.807, 2.05) is 12.1 Å². The zero-order valence-corrected chi connectivity index (χ0v) is 13.1. The zero-order valence-electron chi connectivity index (χ0n) is 12.4. The Bertz CT molecular complexity index is 419. The molecule has 0 bridgehead atoms. The number of amides is 1. The van der Waals surface area contributed by atoms with Crippen molar-refractivity contribution in [1.82, 2.24) is 5.32 Å². The average molecular weight is 315 g/mol. The highest BCUT2D eigenvalue weighted by atomic mass is 35.5. The molecule has 1 aromatic rings. The summed E-state index contributed by atoms with van der Waals surface area (Å²) in [5.41, 5.74) is 0. The summed E-state index contributed by atoms with van der Waals surface area (Å²) >= 11 is 0. The van der Waals surface area contributed by atoms with Crippen LogP contribution in [0.1, 0.15) is 12.8 Å². The van der Waals surface area contributed by atoms with Crippen LogP contribution in [0.25, 0.3) is 0 Å². The number of likely N-dealkylation sites (tertiary alicyclic amines) is 1. The molecular weight excluding hydrogens is 292 g/mol. The smallest absolute Gasteiger partial charge is 0.258 e. The molecule has 0 saturated carbocycles. The number of hydrogen-bond acceptors (Lipinski definition) is 3. The maximum atomic E-state index is 11.6. The molecule has 1 aliphatic heterocycles. The molecule has 21 heavy (non-hydrogen) atoms. The highest BCUT2D eigenvalue weighted by Gasteiger charge is 2.14. The van der Waals surface area contributed by atoms with Crippen LogP contribution in [0, 0.1) is 0 Å². The van der Waals surface area contributed by atoms with Crippen LogP contribution in [0.3, 0.4) is 0 Å². The third-order valence-electron chi connectivity index (χ3n) is 3.54.